The van der Waals surface area contributed by atoms with Crippen LogP contribution in [0, 0.1) is 0 Å². The van der Waals surface area contributed by atoms with Gasteiger partial charge in [-0.2, -0.15) is 5.10 Å². The van der Waals surface area contributed by atoms with Crippen LogP contribution in [-0.4, -0.2) is 43.2 Å². The summed E-state index contributed by atoms with van der Waals surface area (Å²) < 4.78 is 4.93. The van der Waals surface area contributed by atoms with E-state index < -0.39 is 0 Å². The lowest BCUT2D eigenvalue weighted by molar-refractivity contribution is 0.0713. The van der Waals surface area contributed by atoms with Gasteiger partial charge in [-0.05, 0) is 37.1 Å². The van der Waals surface area contributed by atoms with E-state index in [-0.39, 0.29) is 5.91 Å². The number of likely N-dealkylation sites (tertiary alicyclic amines) is 1. The maximum atomic E-state index is 13.2. The standard InChI is InChI=1S/C21H21N5OS/c1-24-20(25-10-4-5-11-25)16(14-22-24)21(27)26-12-8-15(9-13-26)19-23-17-6-2-3-7-18(17)28-19/h2-7,10-11,14-15H,8-9,12-13H2,1H3. The van der Waals surface area contributed by atoms with Crippen molar-refractivity contribution in [1.29, 1.82) is 0 Å². The van der Waals surface area contributed by atoms with Crippen molar-refractivity contribution in [2.24, 2.45) is 7.05 Å². The third-order valence-electron chi connectivity index (χ3n) is 5.43. The molecule has 1 fully saturated rings. The lowest BCUT2D eigenvalue weighted by Gasteiger charge is -2.31. The smallest absolute Gasteiger partial charge is 0.259 e. The number of hydrogen-bond acceptors (Lipinski definition) is 4. The van der Waals surface area contributed by atoms with E-state index in [1.54, 1.807) is 22.2 Å². The van der Waals surface area contributed by atoms with Crippen LogP contribution in [0.4, 0.5) is 0 Å². The quantitative estimate of drug-likeness (QED) is 0.533. The molecular weight excluding hydrogens is 370 g/mol. The van der Waals surface area contributed by atoms with E-state index in [0.29, 0.717) is 11.5 Å². The largest absolute Gasteiger partial charge is 0.338 e. The maximum Gasteiger partial charge on any atom is 0.259 e. The van der Waals surface area contributed by atoms with E-state index in [4.69, 9.17) is 4.98 Å². The number of benzene rings is 1. The Labute approximate surface area is 167 Å². The summed E-state index contributed by atoms with van der Waals surface area (Å²) in [6.45, 7) is 1.50. The van der Waals surface area contributed by atoms with Crippen LogP contribution in [0.5, 0.6) is 0 Å². The molecule has 5 rings (SSSR count). The average Bonchev–Trinajstić information content (AvgIpc) is 3.46. The first-order valence-corrected chi connectivity index (χ1v) is 10.3. The Bertz CT molecular complexity index is 1090. The molecule has 0 bridgehead atoms. The van der Waals surface area contributed by atoms with Gasteiger partial charge >= 0.3 is 0 Å². The molecule has 0 atom stereocenters. The summed E-state index contributed by atoms with van der Waals surface area (Å²) in [6, 6.07) is 12.2. The number of fused-ring (bicyclic) bond motifs is 1. The van der Waals surface area contributed by atoms with Gasteiger partial charge in [0.1, 0.15) is 11.4 Å². The number of para-hydroxylation sites is 1. The molecule has 4 heterocycles. The lowest BCUT2D eigenvalue weighted by atomic mass is 9.97. The Morgan fingerprint density at radius 2 is 1.86 bits per heavy atom. The Morgan fingerprint density at radius 3 is 2.61 bits per heavy atom. The van der Waals surface area contributed by atoms with Crippen molar-refractivity contribution in [2.45, 2.75) is 18.8 Å². The van der Waals surface area contributed by atoms with Crippen LogP contribution >= 0.6 is 11.3 Å². The summed E-state index contributed by atoms with van der Waals surface area (Å²) in [4.78, 5) is 19.9. The van der Waals surface area contributed by atoms with Crippen molar-refractivity contribution in [2.75, 3.05) is 13.1 Å². The summed E-state index contributed by atoms with van der Waals surface area (Å²) in [5.74, 6) is 1.29. The van der Waals surface area contributed by atoms with Crippen LogP contribution in [0.1, 0.15) is 34.1 Å². The van der Waals surface area contributed by atoms with Crippen molar-refractivity contribution in [3.63, 3.8) is 0 Å². The second-order valence-electron chi connectivity index (χ2n) is 7.18. The van der Waals surface area contributed by atoms with E-state index in [1.165, 1.54) is 9.71 Å². The predicted octanol–water partition coefficient (Wildman–Crippen LogP) is 3.84. The van der Waals surface area contributed by atoms with Crippen LogP contribution in [-0.2, 0) is 7.05 Å². The van der Waals surface area contributed by atoms with Crippen molar-refractivity contribution in [3.05, 3.63) is 65.6 Å². The van der Waals surface area contributed by atoms with Gasteiger partial charge < -0.3 is 9.47 Å². The Morgan fingerprint density at radius 1 is 1.11 bits per heavy atom. The van der Waals surface area contributed by atoms with Crippen molar-refractivity contribution < 1.29 is 4.79 Å². The molecule has 28 heavy (non-hydrogen) atoms. The summed E-state index contributed by atoms with van der Waals surface area (Å²) in [7, 11) is 1.87. The van der Waals surface area contributed by atoms with Gasteiger partial charge in [0.2, 0.25) is 0 Å². The maximum absolute atomic E-state index is 13.2. The monoisotopic (exact) mass is 391 g/mol. The van der Waals surface area contributed by atoms with Gasteiger partial charge in [-0.25, -0.2) is 4.98 Å². The minimum Gasteiger partial charge on any atom is -0.338 e. The lowest BCUT2D eigenvalue weighted by Crippen LogP contribution is -2.38. The number of aromatic nitrogens is 4. The fourth-order valence-corrected chi connectivity index (χ4v) is 5.06. The molecule has 3 aromatic heterocycles. The van der Waals surface area contributed by atoms with E-state index in [1.807, 2.05) is 47.1 Å². The van der Waals surface area contributed by atoms with Gasteiger partial charge in [0.05, 0.1) is 21.4 Å². The molecule has 1 aliphatic rings. The van der Waals surface area contributed by atoms with Gasteiger partial charge in [-0.1, -0.05) is 12.1 Å². The third kappa shape index (κ3) is 2.92. The number of thiazole rings is 1. The van der Waals surface area contributed by atoms with Crippen LogP contribution in [0.3, 0.4) is 0 Å². The molecule has 4 aromatic rings. The number of carbonyl (C=O) groups is 1. The number of carbonyl (C=O) groups excluding carboxylic acids is 1. The van der Waals surface area contributed by atoms with E-state index in [2.05, 4.69) is 23.3 Å². The third-order valence-corrected chi connectivity index (χ3v) is 6.63. The minimum atomic E-state index is 0.0551. The highest BCUT2D eigenvalue weighted by molar-refractivity contribution is 7.18. The normalized spacial score (nSPS) is 15.4. The van der Waals surface area contributed by atoms with Crippen LogP contribution < -0.4 is 0 Å². The summed E-state index contributed by atoms with van der Waals surface area (Å²) in [6.07, 6.45) is 7.45. The molecule has 1 aromatic carbocycles. The summed E-state index contributed by atoms with van der Waals surface area (Å²) in [5.41, 5.74) is 1.73. The Balaban J connectivity index is 1.33. The fraction of sp³-hybridized carbons (Fsp3) is 0.286. The van der Waals surface area contributed by atoms with E-state index >= 15 is 0 Å². The number of hydrogen-bond donors (Lipinski definition) is 0. The number of amides is 1. The number of aryl methyl sites for hydroxylation is 1. The van der Waals surface area contributed by atoms with Crippen molar-refractivity contribution in [3.8, 4) is 5.82 Å². The van der Waals surface area contributed by atoms with Crippen molar-refractivity contribution in [1.82, 2.24) is 24.2 Å². The zero-order valence-corrected chi connectivity index (χ0v) is 16.5. The molecule has 1 aliphatic heterocycles. The number of rotatable bonds is 3. The zero-order chi connectivity index (χ0) is 19.1. The predicted molar refractivity (Wildman–Crippen MR) is 110 cm³/mol. The Hall–Kier alpha value is -2.93. The summed E-state index contributed by atoms with van der Waals surface area (Å²) in [5, 5.41) is 5.51. The second-order valence-corrected chi connectivity index (χ2v) is 8.24. The Kier molecular flexibility index (Phi) is 4.24. The molecule has 0 spiro atoms. The molecule has 0 N–H and O–H groups in total. The first-order chi connectivity index (χ1) is 13.7. The molecule has 0 radical (unpaired) electrons. The molecule has 0 saturated carbocycles. The van der Waals surface area contributed by atoms with E-state index in [0.717, 1.165) is 37.3 Å². The molecule has 0 aliphatic carbocycles. The molecular formula is C21H21N5OS. The van der Waals surface area contributed by atoms with E-state index in [9.17, 15) is 4.79 Å². The minimum absolute atomic E-state index is 0.0551. The molecule has 1 amide bonds. The first kappa shape index (κ1) is 17.2. The second kappa shape index (κ2) is 6.91. The van der Waals surface area contributed by atoms with Gasteiger partial charge in [-0.3, -0.25) is 9.48 Å². The number of nitrogens with zero attached hydrogens (tertiary/aromatic N) is 5. The SMILES string of the molecule is Cn1ncc(C(=O)N2CCC(c3nc4ccccc4s3)CC2)c1-n1cccc1. The van der Waals surface area contributed by atoms with Gasteiger partial charge in [0, 0.05) is 38.4 Å². The summed E-state index contributed by atoms with van der Waals surface area (Å²) >= 11 is 1.78. The van der Waals surface area contributed by atoms with Gasteiger partial charge in [-0.15, -0.1) is 11.3 Å². The van der Waals surface area contributed by atoms with Gasteiger partial charge in [0.25, 0.3) is 5.91 Å². The van der Waals surface area contributed by atoms with Crippen molar-refractivity contribution >= 4 is 27.5 Å². The van der Waals surface area contributed by atoms with Crippen LogP contribution in [0.15, 0.2) is 55.0 Å². The molecule has 6 nitrogen and oxygen atoms in total. The average molecular weight is 392 g/mol. The molecule has 0 unspecified atom stereocenters. The van der Waals surface area contributed by atoms with Crippen LogP contribution in [0.25, 0.3) is 16.0 Å². The zero-order valence-electron chi connectivity index (χ0n) is 15.7. The number of piperidine rings is 1. The highest BCUT2D eigenvalue weighted by Gasteiger charge is 2.29. The topological polar surface area (TPSA) is 56.0 Å². The highest BCUT2D eigenvalue weighted by atomic mass is 32.1. The molecule has 142 valence electrons. The first-order valence-electron chi connectivity index (χ1n) is 9.51. The highest BCUT2D eigenvalue weighted by Crippen LogP contribution is 2.34. The van der Waals surface area contributed by atoms with Crippen LogP contribution in [0.2, 0.25) is 0 Å². The van der Waals surface area contributed by atoms with Gasteiger partial charge in [0.15, 0.2) is 0 Å². The molecule has 1 saturated heterocycles. The molecule has 7 heteroatoms. The fourth-order valence-electron chi connectivity index (χ4n) is 3.93.